The molecule has 0 radical (unpaired) electrons. The lowest BCUT2D eigenvalue weighted by Crippen LogP contribution is -1.71. The van der Waals surface area contributed by atoms with Gasteiger partial charge in [-0.15, -0.1) is 6.58 Å². The molecule has 0 saturated carbocycles. The maximum absolute atomic E-state index is 5.82. The SMILES string of the molecule is C=CCSc1nc2ccc(Cl)cc2o1. The van der Waals surface area contributed by atoms with E-state index in [4.69, 9.17) is 16.0 Å². The lowest BCUT2D eigenvalue weighted by molar-refractivity contribution is 0.490. The molecule has 1 heterocycles. The van der Waals surface area contributed by atoms with Crippen molar-refractivity contribution in [2.45, 2.75) is 5.22 Å². The zero-order valence-electron chi connectivity index (χ0n) is 7.37. The molecule has 1 aromatic carbocycles. The van der Waals surface area contributed by atoms with Crippen LogP contribution in [0.1, 0.15) is 0 Å². The maximum atomic E-state index is 5.82. The van der Waals surface area contributed by atoms with Crippen LogP contribution in [-0.4, -0.2) is 10.7 Å². The molecule has 0 bridgehead atoms. The van der Waals surface area contributed by atoms with Crippen molar-refractivity contribution in [1.82, 2.24) is 4.98 Å². The summed E-state index contributed by atoms with van der Waals surface area (Å²) in [6.07, 6.45) is 1.81. The fraction of sp³-hybridized carbons (Fsp3) is 0.100. The zero-order valence-corrected chi connectivity index (χ0v) is 8.94. The van der Waals surface area contributed by atoms with Gasteiger partial charge in [0.05, 0.1) is 0 Å². The number of nitrogens with zero attached hydrogens (tertiary/aromatic N) is 1. The van der Waals surface area contributed by atoms with E-state index in [0.29, 0.717) is 10.2 Å². The highest BCUT2D eigenvalue weighted by molar-refractivity contribution is 7.99. The van der Waals surface area contributed by atoms with E-state index in [9.17, 15) is 0 Å². The number of benzene rings is 1. The molecule has 2 nitrogen and oxygen atoms in total. The Morgan fingerprint density at radius 1 is 1.57 bits per heavy atom. The molecular weight excluding hydrogens is 218 g/mol. The molecule has 0 N–H and O–H groups in total. The van der Waals surface area contributed by atoms with Crippen molar-refractivity contribution in [2.75, 3.05) is 5.75 Å². The number of hydrogen-bond donors (Lipinski definition) is 0. The van der Waals surface area contributed by atoms with Gasteiger partial charge in [0.2, 0.25) is 0 Å². The van der Waals surface area contributed by atoms with Crippen LogP contribution in [0.5, 0.6) is 0 Å². The van der Waals surface area contributed by atoms with E-state index in [1.165, 1.54) is 11.8 Å². The second-order valence-electron chi connectivity index (χ2n) is 2.69. The smallest absolute Gasteiger partial charge is 0.257 e. The zero-order chi connectivity index (χ0) is 9.97. The number of halogens is 1. The molecule has 0 fully saturated rings. The van der Waals surface area contributed by atoms with Crippen LogP contribution < -0.4 is 0 Å². The normalized spacial score (nSPS) is 10.6. The molecule has 0 aliphatic heterocycles. The van der Waals surface area contributed by atoms with E-state index >= 15 is 0 Å². The van der Waals surface area contributed by atoms with Gasteiger partial charge in [0, 0.05) is 16.8 Å². The Kier molecular flexibility index (Phi) is 2.79. The minimum atomic E-state index is 0.655. The van der Waals surface area contributed by atoms with Crippen LogP contribution in [0, 0.1) is 0 Å². The highest BCUT2D eigenvalue weighted by Crippen LogP contribution is 2.25. The first-order valence-corrected chi connectivity index (χ1v) is 5.46. The molecule has 2 aromatic rings. The van der Waals surface area contributed by atoms with Gasteiger partial charge in [0.25, 0.3) is 5.22 Å². The average Bonchev–Trinajstić information content (AvgIpc) is 2.56. The van der Waals surface area contributed by atoms with Gasteiger partial charge < -0.3 is 4.42 Å². The average molecular weight is 226 g/mol. The predicted octanol–water partition coefficient (Wildman–Crippen LogP) is 3.76. The molecule has 0 saturated heterocycles. The lowest BCUT2D eigenvalue weighted by Gasteiger charge is -1.87. The van der Waals surface area contributed by atoms with Gasteiger partial charge >= 0.3 is 0 Å². The molecular formula is C10H8ClNOS. The van der Waals surface area contributed by atoms with E-state index in [1.54, 1.807) is 12.1 Å². The topological polar surface area (TPSA) is 26.0 Å². The summed E-state index contributed by atoms with van der Waals surface area (Å²) in [5, 5.41) is 1.32. The van der Waals surface area contributed by atoms with Crippen LogP contribution in [0.25, 0.3) is 11.1 Å². The van der Waals surface area contributed by atoms with Gasteiger partial charge in [0.15, 0.2) is 5.58 Å². The summed E-state index contributed by atoms with van der Waals surface area (Å²) >= 11 is 7.33. The van der Waals surface area contributed by atoms with Gasteiger partial charge in [-0.05, 0) is 12.1 Å². The summed E-state index contributed by atoms with van der Waals surface area (Å²) in [5.74, 6) is 0.792. The molecule has 0 aliphatic rings. The van der Waals surface area contributed by atoms with E-state index in [0.717, 1.165) is 16.9 Å². The summed E-state index contributed by atoms with van der Waals surface area (Å²) in [4.78, 5) is 4.28. The van der Waals surface area contributed by atoms with Crippen molar-refractivity contribution in [3.8, 4) is 0 Å². The molecule has 14 heavy (non-hydrogen) atoms. The molecule has 1 aromatic heterocycles. The minimum Gasteiger partial charge on any atom is -0.431 e. The monoisotopic (exact) mass is 225 g/mol. The highest BCUT2D eigenvalue weighted by atomic mass is 35.5. The van der Waals surface area contributed by atoms with Crippen molar-refractivity contribution in [2.24, 2.45) is 0 Å². The Morgan fingerprint density at radius 3 is 3.21 bits per heavy atom. The van der Waals surface area contributed by atoms with E-state index in [-0.39, 0.29) is 0 Å². The third-order valence-electron chi connectivity index (χ3n) is 1.66. The Balaban J connectivity index is 2.36. The maximum Gasteiger partial charge on any atom is 0.257 e. The summed E-state index contributed by atoms with van der Waals surface area (Å²) < 4.78 is 5.47. The first-order valence-electron chi connectivity index (χ1n) is 4.09. The molecule has 0 atom stereocenters. The Bertz CT molecular complexity index is 466. The molecule has 2 rings (SSSR count). The van der Waals surface area contributed by atoms with Crippen molar-refractivity contribution < 1.29 is 4.42 Å². The van der Waals surface area contributed by atoms with E-state index < -0.39 is 0 Å². The summed E-state index contributed by atoms with van der Waals surface area (Å²) in [6, 6.07) is 5.41. The number of aromatic nitrogens is 1. The number of rotatable bonds is 3. The van der Waals surface area contributed by atoms with Crippen molar-refractivity contribution in [3.63, 3.8) is 0 Å². The largest absolute Gasteiger partial charge is 0.431 e. The van der Waals surface area contributed by atoms with Crippen LogP contribution in [-0.2, 0) is 0 Å². The predicted molar refractivity (Wildman–Crippen MR) is 59.9 cm³/mol. The van der Waals surface area contributed by atoms with Crippen molar-refractivity contribution in [1.29, 1.82) is 0 Å². The highest BCUT2D eigenvalue weighted by Gasteiger charge is 2.05. The van der Waals surface area contributed by atoms with Crippen LogP contribution in [0.4, 0.5) is 0 Å². The van der Waals surface area contributed by atoms with Gasteiger partial charge in [-0.2, -0.15) is 0 Å². The number of hydrogen-bond acceptors (Lipinski definition) is 3. The second-order valence-corrected chi connectivity index (χ2v) is 4.10. The van der Waals surface area contributed by atoms with E-state index in [1.807, 2.05) is 12.1 Å². The molecule has 0 spiro atoms. The molecule has 0 aliphatic carbocycles. The first-order chi connectivity index (χ1) is 6.79. The fourth-order valence-corrected chi connectivity index (χ4v) is 1.80. The minimum absolute atomic E-state index is 0.655. The van der Waals surface area contributed by atoms with Gasteiger partial charge in [-0.25, -0.2) is 4.98 Å². The quantitative estimate of drug-likeness (QED) is 0.588. The van der Waals surface area contributed by atoms with Crippen molar-refractivity contribution >= 4 is 34.5 Å². The third kappa shape index (κ3) is 1.94. The first kappa shape index (κ1) is 9.62. The lowest BCUT2D eigenvalue weighted by atomic mass is 10.3. The van der Waals surface area contributed by atoms with Gasteiger partial charge in [-0.3, -0.25) is 0 Å². The van der Waals surface area contributed by atoms with Gasteiger partial charge in [0.1, 0.15) is 5.52 Å². The Hall–Kier alpha value is -0.930. The Morgan fingerprint density at radius 2 is 2.43 bits per heavy atom. The fourth-order valence-electron chi connectivity index (χ4n) is 1.07. The molecule has 0 unspecified atom stereocenters. The van der Waals surface area contributed by atoms with E-state index in [2.05, 4.69) is 11.6 Å². The molecule has 0 amide bonds. The van der Waals surface area contributed by atoms with Crippen LogP contribution in [0.15, 0.2) is 40.5 Å². The van der Waals surface area contributed by atoms with Crippen LogP contribution in [0.3, 0.4) is 0 Å². The molecule has 72 valence electrons. The van der Waals surface area contributed by atoms with Gasteiger partial charge in [-0.1, -0.05) is 29.4 Å². The number of thioether (sulfide) groups is 1. The summed E-state index contributed by atoms with van der Waals surface area (Å²) in [5.41, 5.74) is 1.56. The summed E-state index contributed by atoms with van der Waals surface area (Å²) in [6.45, 7) is 3.63. The van der Waals surface area contributed by atoms with Crippen LogP contribution in [0.2, 0.25) is 5.02 Å². The molecule has 4 heteroatoms. The summed E-state index contributed by atoms with van der Waals surface area (Å²) in [7, 11) is 0. The third-order valence-corrected chi connectivity index (χ3v) is 2.71. The number of oxazole rings is 1. The Labute approximate surface area is 91.0 Å². The van der Waals surface area contributed by atoms with Crippen LogP contribution >= 0.6 is 23.4 Å². The second kappa shape index (κ2) is 4.07. The standard InChI is InChI=1S/C10H8ClNOS/c1-2-5-14-10-12-8-4-3-7(11)6-9(8)13-10/h2-4,6H,1,5H2. The number of fused-ring (bicyclic) bond motifs is 1. The van der Waals surface area contributed by atoms with Crippen molar-refractivity contribution in [3.05, 3.63) is 35.9 Å².